The molecule has 0 aromatic rings. The van der Waals surface area contributed by atoms with E-state index in [-0.39, 0.29) is 22.8 Å². The number of rotatable bonds is 1. The van der Waals surface area contributed by atoms with E-state index in [0.29, 0.717) is 5.88 Å². The third-order valence-electron chi connectivity index (χ3n) is 0.109. The van der Waals surface area contributed by atoms with Gasteiger partial charge in [-0.3, -0.25) is 0 Å². The molecule has 6 heavy (non-hydrogen) atoms. The predicted molar refractivity (Wildman–Crippen MR) is 34.5 cm³/mol. The summed E-state index contributed by atoms with van der Waals surface area (Å²) >= 11 is 5.07. The van der Waals surface area contributed by atoms with Crippen molar-refractivity contribution in [2.24, 2.45) is 0 Å². The van der Waals surface area contributed by atoms with Gasteiger partial charge in [-0.25, -0.2) is 0 Å². The van der Waals surface area contributed by atoms with Crippen LogP contribution in [0, 0.1) is 0 Å². The molecule has 2 N–H and O–H groups in total. The van der Waals surface area contributed by atoms with Crippen LogP contribution >= 0.6 is 11.6 Å². The SMILES string of the molecule is C=CCCl.O.[AlH3]. The molecule has 0 amide bonds. The van der Waals surface area contributed by atoms with Crippen molar-refractivity contribution in [3.05, 3.63) is 12.7 Å². The van der Waals surface area contributed by atoms with Crippen LogP contribution in [-0.4, -0.2) is 28.7 Å². The molecule has 0 saturated heterocycles. The highest BCUT2D eigenvalue weighted by molar-refractivity contribution is 6.18. The molecule has 0 spiro atoms. The second-order valence-corrected chi connectivity index (χ2v) is 0.752. The molecule has 0 heterocycles. The van der Waals surface area contributed by atoms with E-state index in [1.165, 1.54) is 0 Å². The minimum atomic E-state index is 0. The Morgan fingerprint density at radius 2 is 1.83 bits per heavy atom. The minimum absolute atomic E-state index is 0. The van der Waals surface area contributed by atoms with Gasteiger partial charge < -0.3 is 5.48 Å². The summed E-state index contributed by atoms with van der Waals surface area (Å²) < 4.78 is 0. The molecule has 0 aromatic carbocycles. The third kappa shape index (κ3) is 24.2. The van der Waals surface area contributed by atoms with Crippen molar-refractivity contribution < 1.29 is 5.48 Å². The molecule has 0 aliphatic rings. The summed E-state index contributed by atoms with van der Waals surface area (Å²) in [6, 6.07) is 0. The van der Waals surface area contributed by atoms with Gasteiger partial charge in [0.2, 0.25) is 0 Å². The normalized spacial score (nSPS) is 4.17. The highest BCUT2D eigenvalue weighted by atomic mass is 35.5. The van der Waals surface area contributed by atoms with Crippen molar-refractivity contribution in [2.75, 3.05) is 5.88 Å². The van der Waals surface area contributed by atoms with E-state index < -0.39 is 0 Å². The monoisotopic (exact) mass is 124 g/mol. The standard InChI is InChI=1S/C3H5Cl.Al.H2O.3H/c1-2-3-4;;;;;/h2H,1,3H2;;1H2;;;. The van der Waals surface area contributed by atoms with E-state index in [1.54, 1.807) is 6.08 Å². The number of hydrogen-bond donors (Lipinski definition) is 0. The summed E-state index contributed by atoms with van der Waals surface area (Å²) in [4.78, 5) is 0. The third-order valence-corrected chi connectivity index (χ3v) is 0.327. The number of allylic oxidation sites excluding steroid dienone is 1. The summed E-state index contributed by atoms with van der Waals surface area (Å²) in [5, 5.41) is 0. The molecule has 0 unspecified atom stereocenters. The van der Waals surface area contributed by atoms with Crippen LogP contribution in [0.1, 0.15) is 0 Å². The molecule has 38 valence electrons. The van der Waals surface area contributed by atoms with Crippen LogP contribution in [0.5, 0.6) is 0 Å². The van der Waals surface area contributed by atoms with Gasteiger partial charge in [-0.15, -0.1) is 18.2 Å². The van der Waals surface area contributed by atoms with Crippen LogP contribution in [0.2, 0.25) is 0 Å². The maximum Gasteiger partial charge on any atom is 0.187 e. The van der Waals surface area contributed by atoms with Gasteiger partial charge in [-0.05, 0) is 0 Å². The average Bonchev–Trinajstić information content (AvgIpc) is 1.37. The second-order valence-electron chi connectivity index (χ2n) is 0.443. The van der Waals surface area contributed by atoms with E-state index in [9.17, 15) is 0 Å². The van der Waals surface area contributed by atoms with E-state index in [4.69, 9.17) is 11.6 Å². The van der Waals surface area contributed by atoms with E-state index in [2.05, 4.69) is 6.58 Å². The van der Waals surface area contributed by atoms with E-state index in [1.807, 2.05) is 0 Å². The Morgan fingerprint density at radius 3 is 1.83 bits per heavy atom. The fourth-order valence-electron chi connectivity index (χ4n) is 0. The van der Waals surface area contributed by atoms with Gasteiger partial charge in [0.1, 0.15) is 0 Å². The van der Waals surface area contributed by atoms with Crippen LogP contribution in [0.4, 0.5) is 0 Å². The molecule has 0 saturated carbocycles. The van der Waals surface area contributed by atoms with Gasteiger partial charge >= 0.3 is 0 Å². The highest BCUT2D eigenvalue weighted by Gasteiger charge is 1.48. The lowest BCUT2D eigenvalue weighted by Crippen LogP contribution is -1.45. The summed E-state index contributed by atoms with van der Waals surface area (Å²) in [5.74, 6) is 0.556. The Morgan fingerprint density at radius 1 is 1.67 bits per heavy atom. The molecule has 3 heteroatoms. The number of halogens is 1. The Bertz CT molecular complexity index is 24.8. The molecular formula is C3H10AlClO. The maximum absolute atomic E-state index is 5.07. The molecule has 0 fully saturated rings. The molecule has 0 bridgehead atoms. The van der Waals surface area contributed by atoms with Crippen LogP contribution in [-0.2, 0) is 0 Å². The molecule has 1 nitrogen and oxygen atoms in total. The van der Waals surface area contributed by atoms with Crippen LogP contribution in [0.15, 0.2) is 12.7 Å². The molecule has 0 aromatic heterocycles. The smallest absolute Gasteiger partial charge is 0.187 e. The van der Waals surface area contributed by atoms with Gasteiger partial charge in [-0.2, -0.15) is 0 Å². The molecule has 0 rings (SSSR count). The lowest BCUT2D eigenvalue weighted by atomic mass is 10.8. The Hall–Kier alpha value is 0.522. The zero-order valence-corrected chi connectivity index (χ0v) is 3.63. The summed E-state index contributed by atoms with van der Waals surface area (Å²) in [6.07, 6.45) is 1.64. The van der Waals surface area contributed by atoms with Crippen LogP contribution in [0.3, 0.4) is 0 Å². The van der Waals surface area contributed by atoms with Gasteiger partial charge in [0, 0.05) is 5.88 Å². The van der Waals surface area contributed by atoms with E-state index in [0.717, 1.165) is 0 Å². The first kappa shape index (κ1) is 16.0. The number of alkyl halides is 1. The van der Waals surface area contributed by atoms with Crippen molar-refractivity contribution >= 4 is 29.0 Å². The lowest BCUT2D eigenvalue weighted by molar-refractivity contribution is 0.824. The van der Waals surface area contributed by atoms with Crippen molar-refractivity contribution in [1.82, 2.24) is 0 Å². The maximum atomic E-state index is 5.07. The van der Waals surface area contributed by atoms with Gasteiger partial charge in [-0.1, -0.05) is 6.08 Å². The summed E-state index contributed by atoms with van der Waals surface area (Å²) in [5.41, 5.74) is 0. The van der Waals surface area contributed by atoms with Crippen molar-refractivity contribution in [3.63, 3.8) is 0 Å². The largest absolute Gasteiger partial charge is 0.412 e. The van der Waals surface area contributed by atoms with Crippen LogP contribution in [0.25, 0.3) is 0 Å². The first-order valence-electron chi connectivity index (χ1n) is 1.08. The topological polar surface area (TPSA) is 31.5 Å². The minimum Gasteiger partial charge on any atom is -0.412 e. The Balaban J connectivity index is -0.0000000450. The fourth-order valence-corrected chi connectivity index (χ4v) is 0. The van der Waals surface area contributed by atoms with E-state index >= 15 is 0 Å². The Kier molecular flexibility index (Phi) is 47.4. The first-order chi connectivity index (χ1) is 1.91. The molecular weight excluding hydrogens is 114 g/mol. The molecule has 0 aliphatic carbocycles. The average molecular weight is 125 g/mol. The van der Waals surface area contributed by atoms with Crippen molar-refractivity contribution in [2.45, 2.75) is 0 Å². The second kappa shape index (κ2) is 17.8. The van der Waals surface area contributed by atoms with Gasteiger partial charge in [0.05, 0.1) is 0 Å². The van der Waals surface area contributed by atoms with Crippen molar-refractivity contribution in [1.29, 1.82) is 0 Å². The first-order valence-corrected chi connectivity index (χ1v) is 1.62. The summed E-state index contributed by atoms with van der Waals surface area (Å²) in [6.45, 7) is 3.35. The van der Waals surface area contributed by atoms with Crippen molar-refractivity contribution in [3.8, 4) is 0 Å². The zero-order chi connectivity index (χ0) is 3.41. The van der Waals surface area contributed by atoms with Crippen LogP contribution < -0.4 is 0 Å². The number of hydrogen-bond acceptors (Lipinski definition) is 0. The molecule has 0 atom stereocenters. The highest BCUT2D eigenvalue weighted by Crippen LogP contribution is 1.67. The van der Waals surface area contributed by atoms with Gasteiger partial charge in [0.15, 0.2) is 17.4 Å². The van der Waals surface area contributed by atoms with Gasteiger partial charge in [0.25, 0.3) is 0 Å². The summed E-state index contributed by atoms with van der Waals surface area (Å²) in [7, 11) is 0. The lowest BCUT2D eigenvalue weighted by Gasteiger charge is -1.55. The predicted octanol–water partition coefficient (Wildman–Crippen LogP) is -0.597. The quantitative estimate of drug-likeness (QED) is 0.254. The Labute approximate surface area is 53.4 Å². The zero-order valence-electron chi connectivity index (χ0n) is 2.87. The molecule has 0 radical (unpaired) electrons. The molecule has 0 aliphatic heterocycles. The fraction of sp³-hybridized carbons (Fsp3) is 0.333.